The molecule has 1 aromatic rings. The lowest BCUT2D eigenvalue weighted by molar-refractivity contribution is -0.122. The molecular weight excluding hydrogens is 204 g/mol. The normalized spacial score (nSPS) is 12.2. The van der Waals surface area contributed by atoms with Crippen molar-refractivity contribution in [3.8, 4) is 0 Å². The number of carbonyl (C=O) groups is 1. The molecule has 0 aliphatic rings. The van der Waals surface area contributed by atoms with Crippen LogP contribution >= 0.6 is 0 Å². The lowest BCUT2D eigenvalue weighted by Crippen LogP contribution is -2.37. The van der Waals surface area contributed by atoms with Crippen molar-refractivity contribution < 1.29 is 9.53 Å². The van der Waals surface area contributed by atoms with Crippen molar-refractivity contribution in [3.63, 3.8) is 0 Å². The fraction of sp³-hybridized carbons (Fsp3) is 0.417. The van der Waals surface area contributed by atoms with Gasteiger partial charge in [-0.3, -0.25) is 4.79 Å². The fourth-order valence-corrected chi connectivity index (χ4v) is 1.27. The van der Waals surface area contributed by atoms with Gasteiger partial charge in [0.05, 0.1) is 12.6 Å². The Kier molecular flexibility index (Phi) is 4.95. The number of nitrogens with one attached hydrogen (secondary N) is 1. The number of ether oxygens (including phenoxy) is 1. The molecule has 1 atom stereocenters. The Labute approximate surface area is 95.8 Å². The van der Waals surface area contributed by atoms with Crippen molar-refractivity contribution in [2.45, 2.75) is 26.1 Å². The van der Waals surface area contributed by atoms with Gasteiger partial charge in [-0.05, 0) is 18.1 Å². The van der Waals surface area contributed by atoms with Gasteiger partial charge in [-0.25, -0.2) is 0 Å². The van der Waals surface area contributed by atoms with Gasteiger partial charge in [0.1, 0.15) is 0 Å². The van der Waals surface area contributed by atoms with Gasteiger partial charge >= 0.3 is 0 Å². The molecule has 0 unspecified atom stereocenters. The number of hydrogen-bond acceptors (Lipinski definition) is 3. The van der Waals surface area contributed by atoms with Crippen molar-refractivity contribution in [2.75, 3.05) is 7.11 Å². The number of nitrogens with two attached hydrogens (primary N) is 1. The minimum atomic E-state index is -0.465. The summed E-state index contributed by atoms with van der Waals surface area (Å²) in [4.78, 5) is 11.2. The van der Waals surface area contributed by atoms with Gasteiger partial charge in [0, 0.05) is 13.7 Å². The van der Waals surface area contributed by atoms with Crippen LogP contribution < -0.4 is 11.1 Å². The topological polar surface area (TPSA) is 64.3 Å². The third kappa shape index (κ3) is 4.00. The van der Waals surface area contributed by atoms with E-state index in [4.69, 9.17) is 10.5 Å². The minimum Gasteiger partial charge on any atom is -0.380 e. The highest BCUT2D eigenvalue weighted by molar-refractivity contribution is 5.80. The summed E-state index contributed by atoms with van der Waals surface area (Å²) in [5.41, 5.74) is 7.60. The van der Waals surface area contributed by atoms with Crippen molar-refractivity contribution in [3.05, 3.63) is 35.4 Å². The Bertz CT molecular complexity index is 333. The molecular formula is C12H18N2O2. The highest BCUT2D eigenvalue weighted by Crippen LogP contribution is 2.05. The van der Waals surface area contributed by atoms with E-state index < -0.39 is 6.04 Å². The molecule has 4 heteroatoms. The van der Waals surface area contributed by atoms with E-state index in [1.807, 2.05) is 24.3 Å². The average Bonchev–Trinajstić information content (AvgIpc) is 2.28. The molecule has 16 heavy (non-hydrogen) atoms. The summed E-state index contributed by atoms with van der Waals surface area (Å²) in [6, 6.07) is 7.44. The molecule has 0 aliphatic heterocycles. The van der Waals surface area contributed by atoms with Gasteiger partial charge < -0.3 is 15.8 Å². The van der Waals surface area contributed by atoms with Gasteiger partial charge in [-0.1, -0.05) is 24.3 Å². The van der Waals surface area contributed by atoms with Crippen LogP contribution in [0.15, 0.2) is 24.3 Å². The second-order valence-corrected chi connectivity index (χ2v) is 3.76. The zero-order valence-corrected chi connectivity index (χ0v) is 9.69. The minimum absolute atomic E-state index is 0.138. The first kappa shape index (κ1) is 12.7. The van der Waals surface area contributed by atoms with E-state index in [0.717, 1.165) is 11.1 Å². The van der Waals surface area contributed by atoms with Crippen molar-refractivity contribution >= 4 is 5.91 Å². The van der Waals surface area contributed by atoms with E-state index in [0.29, 0.717) is 13.2 Å². The lowest BCUT2D eigenvalue weighted by atomic mass is 10.1. The van der Waals surface area contributed by atoms with E-state index >= 15 is 0 Å². The van der Waals surface area contributed by atoms with Crippen LogP contribution in [0.3, 0.4) is 0 Å². The summed E-state index contributed by atoms with van der Waals surface area (Å²) in [6.45, 7) is 2.77. The fourth-order valence-electron chi connectivity index (χ4n) is 1.27. The molecule has 0 radical (unpaired) electrons. The van der Waals surface area contributed by atoms with E-state index in [-0.39, 0.29) is 5.91 Å². The highest BCUT2D eigenvalue weighted by Gasteiger charge is 2.05. The summed E-state index contributed by atoms with van der Waals surface area (Å²) in [5.74, 6) is -0.138. The number of benzene rings is 1. The van der Waals surface area contributed by atoms with Crippen molar-refractivity contribution in [2.24, 2.45) is 5.73 Å². The maximum Gasteiger partial charge on any atom is 0.236 e. The summed E-state index contributed by atoms with van der Waals surface area (Å²) in [7, 11) is 1.66. The lowest BCUT2D eigenvalue weighted by Gasteiger charge is -2.08. The van der Waals surface area contributed by atoms with Gasteiger partial charge in [0.2, 0.25) is 5.91 Å². The van der Waals surface area contributed by atoms with Crippen LogP contribution in [0, 0.1) is 0 Å². The molecule has 0 saturated heterocycles. The molecule has 0 saturated carbocycles. The Balaban J connectivity index is 2.46. The SMILES string of the molecule is COCc1ccc(CNC(=O)[C@@H](C)N)cc1. The zero-order valence-electron chi connectivity index (χ0n) is 9.69. The molecule has 3 N–H and O–H groups in total. The molecule has 0 aliphatic carbocycles. The zero-order chi connectivity index (χ0) is 12.0. The Morgan fingerprint density at radius 3 is 2.44 bits per heavy atom. The molecule has 0 heterocycles. The van der Waals surface area contributed by atoms with Crippen LogP contribution in [0.2, 0.25) is 0 Å². The summed E-state index contributed by atoms with van der Waals surface area (Å²) >= 11 is 0. The van der Waals surface area contributed by atoms with Crippen LogP contribution in [0.25, 0.3) is 0 Å². The Morgan fingerprint density at radius 2 is 1.94 bits per heavy atom. The van der Waals surface area contributed by atoms with Gasteiger partial charge in [0.15, 0.2) is 0 Å². The predicted molar refractivity (Wildman–Crippen MR) is 62.7 cm³/mol. The van der Waals surface area contributed by atoms with Crippen LogP contribution in [0.5, 0.6) is 0 Å². The third-order valence-corrected chi connectivity index (χ3v) is 2.21. The first-order valence-electron chi connectivity index (χ1n) is 5.23. The van der Waals surface area contributed by atoms with Gasteiger partial charge in [-0.2, -0.15) is 0 Å². The van der Waals surface area contributed by atoms with Gasteiger partial charge in [0.25, 0.3) is 0 Å². The summed E-state index contributed by atoms with van der Waals surface area (Å²) < 4.78 is 5.01. The smallest absolute Gasteiger partial charge is 0.236 e. The Morgan fingerprint density at radius 1 is 1.38 bits per heavy atom. The van der Waals surface area contributed by atoms with Crippen LogP contribution in [0.1, 0.15) is 18.1 Å². The van der Waals surface area contributed by atoms with Crippen LogP contribution in [0.4, 0.5) is 0 Å². The first-order valence-corrected chi connectivity index (χ1v) is 5.23. The van der Waals surface area contributed by atoms with E-state index in [2.05, 4.69) is 5.32 Å². The Hall–Kier alpha value is -1.39. The molecule has 0 aromatic heterocycles. The maximum atomic E-state index is 11.2. The number of amides is 1. The molecule has 88 valence electrons. The third-order valence-electron chi connectivity index (χ3n) is 2.21. The summed E-state index contributed by atoms with van der Waals surface area (Å²) in [5, 5.41) is 2.75. The average molecular weight is 222 g/mol. The monoisotopic (exact) mass is 222 g/mol. The first-order chi connectivity index (χ1) is 7.63. The molecule has 0 spiro atoms. The standard InChI is InChI=1S/C12H18N2O2/c1-9(13)12(15)14-7-10-3-5-11(6-4-10)8-16-2/h3-6,9H,7-8,13H2,1-2H3,(H,14,15)/t9-/m1/s1. The molecule has 0 bridgehead atoms. The van der Waals surface area contributed by atoms with Crippen LogP contribution in [-0.4, -0.2) is 19.1 Å². The number of rotatable bonds is 5. The second kappa shape index (κ2) is 6.25. The van der Waals surface area contributed by atoms with Gasteiger partial charge in [-0.15, -0.1) is 0 Å². The predicted octanol–water partition coefficient (Wildman–Crippen LogP) is 0.796. The van der Waals surface area contributed by atoms with E-state index in [9.17, 15) is 4.79 Å². The van der Waals surface area contributed by atoms with Crippen molar-refractivity contribution in [1.82, 2.24) is 5.32 Å². The van der Waals surface area contributed by atoms with Crippen molar-refractivity contribution in [1.29, 1.82) is 0 Å². The maximum absolute atomic E-state index is 11.2. The molecule has 1 rings (SSSR count). The quantitative estimate of drug-likeness (QED) is 0.774. The molecule has 0 fully saturated rings. The second-order valence-electron chi connectivity index (χ2n) is 3.76. The van der Waals surface area contributed by atoms with Crippen LogP contribution in [-0.2, 0) is 22.7 Å². The largest absolute Gasteiger partial charge is 0.380 e. The molecule has 1 aromatic carbocycles. The van der Waals surface area contributed by atoms with E-state index in [1.165, 1.54) is 0 Å². The van der Waals surface area contributed by atoms with E-state index in [1.54, 1.807) is 14.0 Å². The number of methoxy groups -OCH3 is 1. The molecule has 4 nitrogen and oxygen atoms in total. The number of carbonyl (C=O) groups excluding carboxylic acids is 1. The number of hydrogen-bond donors (Lipinski definition) is 2. The highest BCUT2D eigenvalue weighted by atomic mass is 16.5. The summed E-state index contributed by atoms with van der Waals surface area (Å²) in [6.07, 6.45) is 0. The molecule has 1 amide bonds.